The lowest BCUT2D eigenvalue weighted by atomic mass is 9.95. The van der Waals surface area contributed by atoms with E-state index in [0.29, 0.717) is 28.0 Å². The third-order valence-corrected chi connectivity index (χ3v) is 4.85. The number of methoxy groups -OCH3 is 1. The number of ether oxygens (including phenoxy) is 2. The van der Waals surface area contributed by atoms with E-state index in [1.54, 1.807) is 61.5 Å². The van der Waals surface area contributed by atoms with E-state index in [2.05, 4.69) is 5.92 Å². The average molecular weight is 398 g/mol. The normalized spacial score (nSPS) is 12.3. The highest BCUT2D eigenvalue weighted by Gasteiger charge is 2.24. The highest BCUT2D eigenvalue weighted by Crippen LogP contribution is 2.29. The average Bonchev–Trinajstić information content (AvgIpc) is 2.82. The number of terminal acetylenes is 1. The molecule has 0 aliphatic rings. The van der Waals surface area contributed by atoms with Gasteiger partial charge < -0.3 is 9.47 Å². The van der Waals surface area contributed by atoms with Crippen molar-refractivity contribution in [3.05, 3.63) is 101 Å². The van der Waals surface area contributed by atoms with Crippen molar-refractivity contribution in [3.63, 3.8) is 0 Å². The van der Waals surface area contributed by atoms with E-state index in [4.69, 9.17) is 15.9 Å². The SMILES string of the molecule is C#C[C@@H](OC(=O)[C@@H](C)c1cccc(C(=O)c2ccccc2)c1)c1ccccc1OC. The van der Waals surface area contributed by atoms with Gasteiger partial charge >= 0.3 is 5.97 Å². The van der Waals surface area contributed by atoms with Crippen molar-refractivity contribution in [1.29, 1.82) is 0 Å². The zero-order valence-corrected chi connectivity index (χ0v) is 16.9. The molecular formula is C26H22O4. The lowest BCUT2D eigenvalue weighted by molar-refractivity contribution is -0.148. The van der Waals surface area contributed by atoms with Crippen LogP contribution >= 0.6 is 0 Å². The van der Waals surface area contributed by atoms with Crippen molar-refractivity contribution < 1.29 is 19.1 Å². The van der Waals surface area contributed by atoms with Crippen molar-refractivity contribution in [1.82, 2.24) is 0 Å². The summed E-state index contributed by atoms with van der Waals surface area (Å²) < 4.78 is 10.9. The molecule has 0 N–H and O–H groups in total. The molecule has 30 heavy (non-hydrogen) atoms. The van der Waals surface area contributed by atoms with Gasteiger partial charge in [0.25, 0.3) is 0 Å². The van der Waals surface area contributed by atoms with Gasteiger partial charge in [-0.05, 0) is 24.6 Å². The molecule has 0 saturated heterocycles. The molecule has 150 valence electrons. The standard InChI is InChI=1S/C26H22O4/c1-4-23(22-15-8-9-16-24(22)29-3)30-26(28)18(2)20-13-10-14-21(17-20)25(27)19-11-6-5-7-12-19/h1,5-18,23H,2-3H3/t18-,23+/m0/s1. The zero-order valence-electron chi connectivity index (χ0n) is 16.9. The third kappa shape index (κ3) is 4.59. The number of carbonyl (C=O) groups is 2. The van der Waals surface area contributed by atoms with Gasteiger partial charge in [0.1, 0.15) is 5.75 Å². The lowest BCUT2D eigenvalue weighted by Crippen LogP contribution is -2.17. The molecule has 0 bridgehead atoms. The Hall–Kier alpha value is -3.84. The third-order valence-electron chi connectivity index (χ3n) is 4.85. The minimum Gasteiger partial charge on any atom is -0.496 e. The number of para-hydroxylation sites is 1. The van der Waals surface area contributed by atoms with Gasteiger partial charge in [0.2, 0.25) is 0 Å². The molecule has 0 amide bonds. The maximum Gasteiger partial charge on any atom is 0.314 e. The number of rotatable bonds is 7. The van der Waals surface area contributed by atoms with Crippen LogP contribution in [0.1, 0.15) is 46.0 Å². The van der Waals surface area contributed by atoms with Crippen LogP contribution < -0.4 is 4.74 Å². The highest BCUT2D eigenvalue weighted by molar-refractivity contribution is 6.09. The van der Waals surface area contributed by atoms with Gasteiger partial charge in [-0.2, -0.15) is 0 Å². The summed E-state index contributed by atoms with van der Waals surface area (Å²) in [5.41, 5.74) is 2.39. The molecular weight excluding hydrogens is 376 g/mol. The van der Waals surface area contributed by atoms with Crippen molar-refractivity contribution in [2.24, 2.45) is 0 Å². The minimum absolute atomic E-state index is 0.103. The zero-order chi connectivity index (χ0) is 21.5. The summed E-state index contributed by atoms with van der Waals surface area (Å²) in [5, 5.41) is 0. The van der Waals surface area contributed by atoms with E-state index in [1.807, 2.05) is 24.3 Å². The van der Waals surface area contributed by atoms with Crippen molar-refractivity contribution >= 4 is 11.8 Å². The summed E-state index contributed by atoms with van der Waals surface area (Å²) in [6.45, 7) is 1.73. The van der Waals surface area contributed by atoms with E-state index in [1.165, 1.54) is 7.11 Å². The van der Waals surface area contributed by atoms with Crippen molar-refractivity contribution in [3.8, 4) is 18.1 Å². The monoisotopic (exact) mass is 398 g/mol. The number of carbonyl (C=O) groups excluding carboxylic acids is 2. The smallest absolute Gasteiger partial charge is 0.314 e. The Morgan fingerprint density at radius 3 is 2.27 bits per heavy atom. The molecule has 0 aliphatic heterocycles. The molecule has 0 unspecified atom stereocenters. The fourth-order valence-electron chi connectivity index (χ4n) is 3.13. The Morgan fingerprint density at radius 1 is 0.900 bits per heavy atom. The Labute approximate surface area is 176 Å². The number of ketones is 1. The predicted octanol–water partition coefficient (Wildman–Crippen LogP) is 4.95. The quantitative estimate of drug-likeness (QED) is 0.321. The molecule has 0 radical (unpaired) electrons. The van der Waals surface area contributed by atoms with Crippen LogP contribution in [0, 0.1) is 12.3 Å². The first-order valence-electron chi connectivity index (χ1n) is 9.54. The van der Waals surface area contributed by atoms with Gasteiger partial charge in [0.15, 0.2) is 11.9 Å². The van der Waals surface area contributed by atoms with E-state index in [-0.39, 0.29) is 5.78 Å². The molecule has 4 nitrogen and oxygen atoms in total. The second-order valence-electron chi connectivity index (χ2n) is 6.77. The molecule has 0 spiro atoms. The first-order valence-corrected chi connectivity index (χ1v) is 9.54. The predicted molar refractivity (Wildman–Crippen MR) is 115 cm³/mol. The molecule has 3 aromatic rings. The molecule has 0 aliphatic carbocycles. The Bertz CT molecular complexity index is 1080. The number of hydrogen-bond acceptors (Lipinski definition) is 4. The van der Waals surface area contributed by atoms with Crippen LogP contribution in [0.4, 0.5) is 0 Å². The first-order chi connectivity index (χ1) is 14.5. The van der Waals surface area contributed by atoms with E-state index >= 15 is 0 Å². The fourth-order valence-corrected chi connectivity index (χ4v) is 3.13. The van der Waals surface area contributed by atoms with E-state index in [9.17, 15) is 9.59 Å². The van der Waals surface area contributed by atoms with E-state index in [0.717, 1.165) is 0 Å². The minimum atomic E-state index is -0.870. The summed E-state index contributed by atoms with van der Waals surface area (Å²) in [7, 11) is 1.53. The molecule has 4 heteroatoms. The van der Waals surface area contributed by atoms with Crippen LogP contribution in [0.15, 0.2) is 78.9 Å². The van der Waals surface area contributed by atoms with Gasteiger partial charge in [-0.15, -0.1) is 6.42 Å². The van der Waals surface area contributed by atoms with Crippen LogP contribution in [-0.2, 0) is 9.53 Å². The maximum absolute atomic E-state index is 12.8. The van der Waals surface area contributed by atoms with Gasteiger partial charge in [0, 0.05) is 16.7 Å². The summed E-state index contributed by atoms with van der Waals surface area (Å²) in [6.07, 6.45) is 4.75. The van der Waals surface area contributed by atoms with Crippen LogP contribution in [0.3, 0.4) is 0 Å². The summed E-state index contributed by atoms with van der Waals surface area (Å²) in [4.78, 5) is 25.5. The molecule has 0 aromatic heterocycles. The second-order valence-corrected chi connectivity index (χ2v) is 6.77. The van der Waals surface area contributed by atoms with Crippen LogP contribution in [-0.4, -0.2) is 18.9 Å². The van der Waals surface area contributed by atoms with Crippen molar-refractivity contribution in [2.75, 3.05) is 7.11 Å². The Kier molecular flexibility index (Phi) is 6.67. The van der Waals surface area contributed by atoms with Gasteiger partial charge in [-0.3, -0.25) is 9.59 Å². The second kappa shape index (κ2) is 9.58. The van der Waals surface area contributed by atoms with Crippen LogP contribution in [0.25, 0.3) is 0 Å². The Balaban J connectivity index is 1.79. The fraction of sp³-hybridized carbons (Fsp3) is 0.154. The van der Waals surface area contributed by atoms with Crippen LogP contribution in [0.5, 0.6) is 5.75 Å². The lowest BCUT2D eigenvalue weighted by Gasteiger charge is -2.18. The van der Waals surface area contributed by atoms with Crippen molar-refractivity contribution in [2.45, 2.75) is 18.9 Å². The number of hydrogen-bond donors (Lipinski definition) is 0. The topological polar surface area (TPSA) is 52.6 Å². The number of esters is 1. The molecule has 0 fully saturated rings. The highest BCUT2D eigenvalue weighted by atomic mass is 16.5. The molecule has 2 atom stereocenters. The van der Waals surface area contributed by atoms with Gasteiger partial charge in [-0.25, -0.2) is 0 Å². The first kappa shape index (κ1) is 20.9. The molecule has 3 rings (SSSR count). The molecule has 0 heterocycles. The Morgan fingerprint density at radius 2 is 1.57 bits per heavy atom. The molecule has 0 saturated carbocycles. The summed E-state index contributed by atoms with van der Waals surface area (Å²) in [5.74, 6) is 1.88. The molecule has 3 aromatic carbocycles. The summed E-state index contributed by atoms with van der Waals surface area (Å²) in [6, 6.07) is 23.2. The van der Waals surface area contributed by atoms with Gasteiger partial charge in [0.05, 0.1) is 13.0 Å². The van der Waals surface area contributed by atoms with Gasteiger partial charge in [-0.1, -0.05) is 72.7 Å². The number of benzene rings is 3. The maximum atomic E-state index is 12.8. The van der Waals surface area contributed by atoms with E-state index < -0.39 is 18.0 Å². The summed E-state index contributed by atoms with van der Waals surface area (Å²) >= 11 is 0. The van der Waals surface area contributed by atoms with Crippen LogP contribution in [0.2, 0.25) is 0 Å². The largest absolute Gasteiger partial charge is 0.496 e.